The molecule has 9 heteroatoms. The summed E-state index contributed by atoms with van der Waals surface area (Å²) < 4.78 is 3.48. The van der Waals surface area contributed by atoms with E-state index in [9.17, 15) is 4.79 Å². The van der Waals surface area contributed by atoms with Gasteiger partial charge in [-0.05, 0) is 31.0 Å². The van der Waals surface area contributed by atoms with Gasteiger partial charge in [-0.15, -0.1) is 15.3 Å². The molecule has 0 aromatic carbocycles. The SMILES string of the molecule is Cn1nccc1C(=O)NCC1CN(c2ccc3nnc(C4CCC4)n3n2)C1. The van der Waals surface area contributed by atoms with E-state index in [0.717, 1.165) is 30.4 Å². The molecule has 1 aliphatic heterocycles. The van der Waals surface area contributed by atoms with Gasteiger partial charge in [0, 0.05) is 44.7 Å². The molecule has 0 radical (unpaired) electrons. The molecule has 2 aliphatic rings. The molecule has 9 nitrogen and oxygen atoms in total. The van der Waals surface area contributed by atoms with Gasteiger partial charge in [-0.2, -0.15) is 9.61 Å². The molecule has 1 saturated heterocycles. The Morgan fingerprint density at radius 3 is 2.78 bits per heavy atom. The van der Waals surface area contributed by atoms with Crippen LogP contribution >= 0.6 is 0 Å². The van der Waals surface area contributed by atoms with E-state index in [0.29, 0.717) is 24.1 Å². The molecule has 1 aliphatic carbocycles. The second-order valence-electron chi connectivity index (χ2n) is 7.47. The topological polar surface area (TPSA) is 93.2 Å². The summed E-state index contributed by atoms with van der Waals surface area (Å²) in [5, 5.41) is 20.4. The van der Waals surface area contributed by atoms with Crippen LogP contribution in [0.25, 0.3) is 5.65 Å². The first-order valence-corrected chi connectivity index (χ1v) is 9.42. The molecule has 5 rings (SSSR count). The first-order chi connectivity index (χ1) is 13.2. The largest absolute Gasteiger partial charge is 0.354 e. The summed E-state index contributed by atoms with van der Waals surface area (Å²) in [6.45, 7) is 2.42. The Hall–Kier alpha value is -2.97. The normalized spacial score (nSPS) is 17.7. The van der Waals surface area contributed by atoms with Gasteiger partial charge in [-0.25, -0.2) is 0 Å². The summed E-state index contributed by atoms with van der Waals surface area (Å²) in [6.07, 6.45) is 5.24. The lowest BCUT2D eigenvalue weighted by atomic mass is 9.85. The first kappa shape index (κ1) is 16.2. The molecule has 3 aromatic heterocycles. The van der Waals surface area contributed by atoms with Crippen LogP contribution < -0.4 is 10.2 Å². The number of nitrogens with zero attached hydrogens (tertiary/aromatic N) is 7. The fourth-order valence-electron chi connectivity index (χ4n) is 3.70. The molecule has 0 atom stereocenters. The van der Waals surface area contributed by atoms with E-state index in [1.54, 1.807) is 24.0 Å². The van der Waals surface area contributed by atoms with E-state index in [-0.39, 0.29) is 5.91 Å². The monoisotopic (exact) mass is 366 g/mol. The zero-order chi connectivity index (χ0) is 18.4. The van der Waals surface area contributed by atoms with Crippen LogP contribution in [-0.4, -0.2) is 55.1 Å². The Labute approximate surface area is 156 Å². The van der Waals surface area contributed by atoms with E-state index < -0.39 is 0 Å². The zero-order valence-electron chi connectivity index (χ0n) is 15.2. The fourth-order valence-corrected chi connectivity index (χ4v) is 3.70. The summed E-state index contributed by atoms with van der Waals surface area (Å²) in [4.78, 5) is 14.4. The third-order valence-corrected chi connectivity index (χ3v) is 5.63. The number of rotatable bonds is 5. The lowest BCUT2D eigenvalue weighted by molar-refractivity contribution is 0.0935. The number of hydrogen-bond donors (Lipinski definition) is 1. The molecule has 3 aromatic rings. The van der Waals surface area contributed by atoms with Gasteiger partial charge in [0.15, 0.2) is 11.5 Å². The van der Waals surface area contributed by atoms with Crippen molar-refractivity contribution in [3.8, 4) is 0 Å². The Morgan fingerprint density at radius 2 is 2.07 bits per heavy atom. The van der Waals surface area contributed by atoms with Gasteiger partial charge < -0.3 is 10.2 Å². The Kier molecular flexibility index (Phi) is 3.80. The summed E-state index contributed by atoms with van der Waals surface area (Å²) in [5.74, 6) is 2.76. The van der Waals surface area contributed by atoms with Gasteiger partial charge >= 0.3 is 0 Å². The molecular formula is C18H22N8O. The van der Waals surface area contributed by atoms with Crippen molar-refractivity contribution in [1.82, 2.24) is 34.9 Å². The molecule has 1 saturated carbocycles. The van der Waals surface area contributed by atoms with Crippen LogP contribution in [0.5, 0.6) is 0 Å². The van der Waals surface area contributed by atoms with Crippen molar-refractivity contribution in [1.29, 1.82) is 0 Å². The number of nitrogens with one attached hydrogen (secondary N) is 1. The minimum Gasteiger partial charge on any atom is -0.354 e. The van der Waals surface area contributed by atoms with Gasteiger partial charge in [0.05, 0.1) is 0 Å². The highest BCUT2D eigenvalue weighted by atomic mass is 16.2. The van der Waals surface area contributed by atoms with Crippen molar-refractivity contribution in [3.63, 3.8) is 0 Å². The number of anilines is 1. The third kappa shape index (κ3) is 2.83. The Morgan fingerprint density at radius 1 is 1.22 bits per heavy atom. The molecule has 4 heterocycles. The average molecular weight is 366 g/mol. The summed E-state index contributed by atoms with van der Waals surface area (Å²) in [5.41, 5.74) is 1.38. The third-order valence-electron chi connectivity index (χ3n) is 5.63. The number of carbonyl (C=O) groups excluding carboxylic acids is 1. The van der Waals surface area contributed by atoms with Crippen LogP contribution in [-0.2, 0) is 7.05 Å². The standard InChI is InChI=1S/C18H22N8O/c1-24-14(7-8-20-24)18(27)19-9-12-10-25(11-12)16-6-5-15-21-22-17(26(15)23-16)13-3-2-4-13/h5-8,12-13H,2-4,9-11H2,1H3,(H,19,27). The minimum absolute atomic E-state index is 0.0809. The van der Waals surface area contributed by atoms with E-state index in [2.05, 4.69) is 25.5 Å². The zero-order valence-corrected chi connectivity index (χ0v) is 15.2. The first-order valence-electron chi connectivity index (χ1n) is 9.42. The highest BCUT2D eigenvalue weighted by Crippen LogP contribution is 2.35. The Balaban J connectivity index is 1.20. The Bertz CT molecular complexity index is 982. The lowest BCUT2D eigenvalue weighted by Gasteiger charge is -2.40. The molecule has 140 valence electrons. The van der Waals surface area contributed by atoms with Crippen molar-refractivity contribution >= 4 is 17.4 Å². The van der Waals surface area contributed by atoms with Gasteiger partial charge in [0.25, 0.3) is 5.91 Å². The number of aryl methyl sites for hydroxylation is 1. The second kappa shape index (κ2) is 6.33. The number of hydrogen-bond acceptors (Lipinski definition) is 6. The van der Waals surface area contributed by atoms with Crippen LogP contribution in [0.15, 0.2) is 24.4 Å². The molecule has 1 N–H and O–H groups in total. The maximum absolute atomic E-state index is 12.2. The van der Waals surface area contributed by atoms with Gasteiger partial charge in [-0.1, -0.05) is 6.42 Å². The minimum atomic E-state index is -0.0809. The van der Waals surface area contributed by atoms with Crippen molar-refractivity contribution in [2.75, 3.05) is 24.5 Å². The van der Waals surface area contributed by atoms with Crippen LogP contribution in [0, 0.1) is 5.92 Å². The highest BCUT2D eigenvalue weighted by Gasteiger charge is 2.30. The lowest BCUT2D eigenvalue weighted by Crippen LogP contribution is -2.52. The quantitative estimate of drug-likeness (QED) is 0.724. The number of amides is 1. The molecule has 27 heavy (non-hydrogen) atoms. The van der Waals surface area contributed by atoms with Crippen molar-refractivity contribution < 1.29 is 4.79 Å². The van der Waals surface area contributed by atoms with Gasteiger partial charge in [0.1, 0.15) is 11.5 Å². The molecular weight excluding hydrogens is 344 g/mol. The molecule has 0 spiro atoms. The summed E-state index contributed by atoms with van der Waals surface area (Å²) in [6, 6.07) is 5.70. The van der Waals surface area contributed by atoms with E-state index in [1.807, 2.05) is 16.6 Å². The number of fused-ring (bicyclic) bond motifs is 1. The van der Waals surface area contributed by atoms with E-state index in [4.69, 9.17) is 5.10 Å². The molecule has 2 fully saturated rings. The summed E-state index contributed by atoms with van der Waals surface area (Å²) in [7, 11) is 1.77. The van der Waals surface area contributed by atoms with Crippen molar-refractivity contribution in [3.05, 3.63) is 35.9 Å². The molecule has 0 bridgehead atoms. The van der Waals surface area contributed by atoms with Gasteiger partial charge in [0.2, 0.25) is 0 Å². The van der Waals surface area contributed by atoms with Crippen molar-refractivity contribution in [2.24, 2.45) is 13.0 Å². The average Bonchev–Trinajstić information content (AvgIpc) is 3.18. The fraction of sp³-hybridized carbons (Fsp3) is 0.500. The van der Waals surface area contributed by atoms with Crippen LogP contribution in [0.1, 0.15) is 41.5 Å². The molecule has 0 unspecified atom stereocenters. The van der Waals surface area contributed by atoms with Crippen LogP contribution in [0.3, 0.4) is 0 Å². The van der Waals surface area contributed by atoms with Crippen LogP contribution in [0.2, 0.25) is 0 Å². The molecule has 1 amide bonds. The van der Waals surface area contributed by atoms with Crippen molar-refractivity contribution in [2.45, 2.75) is 25.2 Å². The predicted molar refractivity (Wildman–Crippen MR) is 98.6 cm³/mol. The maximum atomic E-state index is 12.2. The summed E-state index contributed by atoms with van der Waals surface area (Å²) >= 11 is 0. The highest BCUT2D eigenvalue weighted by molar-refractivity contribution is 5.92. The van der Waals surface area contributed by atoms with Crippen LogP contribution in [0.4, 0.5) is 5.82 Å². The predicted octanol–water partition coefficient (Wildman–Crippen LogP) is 0.991. The smallest absolute Gasteiger partial charge is 0.269 e. The van der Waals surface area contributed by atoms with E-state index in [1.165, 1.54) is 19.3 Å². The van der Waals surface area contributed by atoms with E-state index >= 15 is 0 Å². The number of carbonyl (C=O) groups is 1. The maximum Gasteiger partial charge on any atom is 0.269 e. The second-order valence-corrected chi connectivity index (χ2v) is 7.47. The van der Waals surface area contributed by atoms with Gasteiger partial charge in [-0.3, -0.25) is 9.48 Å². The number of aromatic nitrogens is 6.